The van der Waals surface area contributed by atoms with Gasteiger partial charge in [0.05, 0.1) is 0 Å². The number of rotatable bonds is 3. The third-order valence-electron chi connectivity index (χ3n) is 4.92. The number of fused-ring (bicyclic) bond motifs is 2. The van der Waals surface area contributed by atoms with Crippen molar-refractivity contribution in [3.8, 4) is 11.1 Å². The second-order valence-electron chi connectivity index (χ2n) is 6.25. The van der Waals surface area contributed by atoms with Gasteiger partial charge in [-0.15, -0.1) is 0 Å². The number of hydrogen-bond acceptors (Lipinski definition) is 0. The van der Waals surface area contributed by atoms with Crippen molar-refractivity contribution in [1.29, 1.82) is 0 Å². The zero-order valence-corrected chi connectivity index (χ0v) is 11.8. The first kappa shape index (κ1) is 12.0. The van der Waals surface area contributed by atoms with Gasteiger partial charge in [-0.3, -0.25) is 0 Å². The summed E-state index contributed by atoms with van der Waals surface area (Å²) in [5.74, 6) is 1.80. The molecule has 0 N–H and O–H groups in total. The average Bonchev–Trinajstić information content (AvgIpc) is 3.12. The van der Waals surface area contributed by atoms with Crippen molar-refractivity contribution in [2.24, 2.45) is 11.8 Å². The molecule has 2 aromatic rings. The summed E-state index contributed by atoms with van der Waals surface area (Å²) in [5, 5.41) is 0. The molecule has 2 aromatic carbocycles. The van der Waals surface area contributed by atoms with Gasteiger partial charge in [-0.1, -0.05) is 66.2 Å². The van der Waals surface area contributed by atoms with Crippen molar-refractivity contribution in [2.75, 3.05) is 0 Å². The Bertz CT molecular complexity index is 619. The molecule has 0 amide bonds. The normalized spacial score (nSPS) is 23.9. The molecular formula is C20H20. The molecule has 0 radical (unpaired) electrons. The molecule has 0 spiro atoms. The van der Waals surface area contributed by atoms with Gasteiger partial charge < -0.3 is 0 Å². The standard InChI is InChI=1S/C20H20/c1-2-4-17(5-3-1)18-9-6-15(7-10-18)12-20-14-16-8-11-19(20)13-16/h1-7,9-10,14,16,19H,8,11-13H2. The van der Waals surface area contributed by atoms with Gasteiger partial charge in [0.1, 0.15) is 0 Å². The van der Waals surface area contributed by atoms with Crippen LogP contribution in [0.5, 0.6) is 0 Å². The largest absolute Gasteiger partial charge is 0.0816 e. The molecule has 2 unspecified atom stereocenters. The van der Waals surface area contributed by atoms with Gasteiger partial charge in [0, 0.05) is 0 Å². The van der Waals surface area contributed by atoms with Gasteiger partial charge in [0.25, 0.3) is 0 Å². The van der Waals surface area contributed by atoms with E-state index in [2.05, 4.69) is 60.7 Å². The molecule has 0 saturated heterocycles. The molecule has 1 saturated carbocycles. The molecule has 100 valence electrons. The first-order valence-corrected chi connectivity index (χ1v) is 7.73. The lowest BCUT2D eigenvalue weighted by Gasteiger charge is -2.13. The van der Waals surface area contributed by atoms with Crippen LogP contribution in [0.2, 0.25) is 0 Å². The van der Waals surface area contributed by atoms with Crippen molar-refractivity contribution in [2.45, 2.75) is 25.7 Å². The Morgan fingerprint density at radius 2 is 1.55 bits per heavy atom. The van der Waals surface area contributed by atoms with Crippen LogP contribution < -0.4 is 0 Å². The maximum absolute atomic E-state index is 2.55. The summed E-state index contributed by atoms with van der Waals surface area (Å²) in [6.07, 6.45) is 8.01. The van der Waals surface area contributed by atoms with Gasteiger partial charge >= 0.3 is 0 Å². The summed E-state index contributed by atoms with van der Waals surface area (Å²) in [6, 6.07) is 19.7. The minimum atomic E-state index is 0.897. The van der Waals surface area contributed by atoms with E-state index in [1.807, 2.05) is 0 Å². The van der Waals surface area contributed by atoms with Crippen molar-refractivity contribution < 1.29 is 0 Å². The molecular weight excluding hydrogens is 240 g/mol. The lowest BCUT2D eigenvalue weighted by molar-refractivity contribution is 0.641. The van der Waals surface area contributed by atoms with E-state index in [4.69, 9.17) is 0 Å². The fourth-order valence-corrected chi connectivity index (χ4v) is 3.83. The highest BCUT2D eigenvalue weighted by atomic mass is 14.4. The molecule has 2 atom stereocenters. The summed E-state index contributed by atoms with van der Waals surface area (Å²) in [7, 11) is 0. The van der Waals surface area contributed by atoms with Gasteiger partial charge in [0.15, 0.2) is 0 Å². The molecule has 0 aromatic heterocycles. The summed E-state index contributed by atoms with van der Waals surface area (Å²) < 4.78 is 0. The first-order chi connectivity index (χ1) is 9.88. The molecule has 4 rings (SSSR count). The number of allylic oxidation sites excluding steroid dienone is 2. The van der Waals surface area contributed by atoms with Crippen LogP contribution >= 0.6 is 0 Å². The number of hydrogen-bond donors (Lipinski definition) is 0. The first-order valence-electron chi connectivity index (χ1n) is 7.73. The van der Waals surface area contributed by atoms with E-state index in [0.717, 1.165) is 18.3 Å². The molecule has 20 heavy (non-hydrogen) atoms. The predicted octanol–water partition coefficient (Wildman–Crippen LogP) is 5.25. The monoisotopic (exact) mass is 260 g/mol. The molecule has 0 heteroatoms. The predicted molar refractivity (Wildman–Crippen MR) is 84.5 cm³/mol. The van der Waals surface area contributed by atoms with Crippen LogP contribution in [0.3, 0.4) is 0 Å². The van der Waals surface area contributed by atoms with Crippen LogP contribution in [0.4, 0.5) is 0 Å². The van der Waals surface area contributed by atoms with E-state index in [1.54, 1.807) is 5.57 Å². The Hall–Kier alpha value is -1.82. The minimum Gasteiger partial charge on any atom is -0.0816 e. The van der Waals surface area contributed by atoms with E-state index in [-0.39, 0.29) is 0 Å². The highest BCUT2D eigenvalue weighted by molar-refractivity contribution is 5.63. The van der Waals surface area contributed by atoms with Crippen LogP contribution in [0, 0.1) is 11.8 Å². The van der Waals surface area contributed by atoms with Crippen LogP contribution in [0.1, 0.15) is 24.8 Å². The zero-order valence-electron chi connectivity index (χ0n) is 11.8. The van der Waals surface area contributed by atoms with E-state index >= 15 is 0 Å². The lowest BCUT2D eigenvalue weighted by Crippen LogP contribution is -2.00. The van der Waals surface area contributed by atoms with E-state index in [0.29, 0.717) is 0 Å². The van der Waals surface area contributed by atoms with Crippen molar-refractivity contribution in [3.05, 3.63) is 71.8 Å². The maximum atomic E-state index is 2.55. The van der Waals surface area contributed by atoms with E-state index in [1.165, 1.54) is 36.0 Å². The van der Waals surface area contributed by atoms with E-state index < -0.39 is 0 Å². The summed E-state index contributed by atoms with van der Waals surface area (Å²) in [6.45, 7) is 0. The summed E-state index contributed by atoms with van der Waals surface area (Å²) >= 11 is 0. The van der Waals surface area contributed by atoms with Crippen LogP contribution in [-0.4, -0.2) is 0 Å². The third-order valence-corrected chi connectivity index (χ3v) is 4.92. The molecule has 0 nitrogen and oxygen atoms in total. The van der Waals surface area contributed by atoms with Gasteiger partial charge in [-0.2, -0.15) is 0 Å². The highest BCUT2D eigenvalue weighted by Crippen LogP contribution is 2.44. The molecule has 0 aliphatic heterocycles. The Balaban J connectivity index is 1.52. The SMILES string of the molecule is C1=C(Cc2ccc(-c3ccccc3)cc2)C2CCC1C2. The second-order valence-corrected chi connectivity index (χ2v) is 6.25. The Kier molecular flexibility index (Phi) is 2.95. The molecule has 2 bridgehead atoms. The Labute approximate surface area is 121 Å². The van der Waals surface area contributed by atoms with E-state index in [9.17, 15) is 0 Å². The van der Waals surface area contributed by atoms with Crippen molar-refractivity contribution in [3.63, 3.8) is 0 Å². The summed E-state index contributed by atoms with van der Waals surface area (Å²) in [5.41, 5.74) is 5.78. The fraction of sp³-hybridized carbons (Fsp3) is 0.300. The lowest BCUT2D eigenvalue weighted by atomic mass is 9.92. The molecule has 1 fully saturated rings. The van der Waals surface area contributed by atoms with Gasteiger partial charge in [-0.05, 0) is 54.2 Å². The average molecular weight is 260 g/mol. The fourth-order valence-electron chi connectivity index (χ4n) is 3.83. The van der Waals surface area contributed by atoms with Crippen molar-refractivity contribution >= 4 is 0 Å². The van der Waals surface area contributed by atoms with Crippen LogP contribution in [0.15, 0.2) is 66.2 Å². The maximum Gasteiger partial charge on any atom is -0.00642 e. The topological polar surface area (TPSA) is 0 Å². The van der Waals surface area contributed by atoms with Crippen molar-refractivity contribution in [1.82, 2.24) is 0 Å². The van der Waals surface area contributed by atoms with Gasteiger partial charge in [-0.25, -0.2) is 0 Å². The Morgan fingerprint density at radius 1 is 0.800 bits per heavy atom. The van der Waals surface area contributed by atoms with Crippen LogP contribution in [-0.2, 0) is 6.42 Å². The summed E-state index contributed by atoms with van der Waals surface area (Å²) in [4.78, 5) is 0. The highest BCUT2D eigenvalue weighted by Gasteiger charge is 2.32. The molecule has 2 aliphatic rings. The minimum absolute atomic E-state index is 0.897. The third kappa shape index (κ3) is 2.20. The molecule has 2 aliphatic carbocycles. The van der Waals surface area contributed by atoms with Crippen LogP contribution in [0.25, 0.3) is 11.1 Å². The smallest absolute Gasteiger partial charge is 0.00642 e. The quantitative estimate of drug-likeness (QED) is 0.661. The zero-order chi connectivity index (χ0) is 13.4. The second kappa shape index (κ2) is 4.94. The van der Waals surface area contributed by atoms with Gasteiger partial charge in [0.2, 0.25) is 0 Å². The number of benzene rings is 2. The molecule has 0 heterocycles. The Morgan fingerprint density at radius 3 is 2.20 bits per heavy atom.